The van der Waals surface area contributed by atoms with Crippen LogP contribution in [0.15, 0.2) is 0 Å². The number of unbranched alkanes of at least 4 members (excludes halogenated alkanes) is 1. The Morgan fingerprint density at radius 1 is 1.47 bits per heavy atom. The monoisotopic (exact) mass is 216 g/mol. The summed E-state index contributed by atoms with van der Waals surface area (Å²) in [6.45, 7) is 2.43. The molecule has 0 aromatic rings. The average molecular weight is 216 g/mol. The fourth-order valence-electron chi connectivity index (χ4n) is 1.62. The minimum absolute atomic E-state index is 0.0206. The number of ether oxygens (including phenoxy) is 2. The van der Waals surface area contributed by atoms with Crippen molar-refractivity contribution in [3.8, 4) is 0 Å². The molecule has 1 N–H and O–H groups in total. The molecular formula is C11H20O4. The maximum Gasteiger partial charge on any atom is 0.305 e. The molecule has 0 unspecified atom stereocenters. The Morgan fingerprint density at radius 3 is 2.80 bits per heavy atom. The van der Waals surface area contributed by atoms with Crippen LogP contribution in [-0.4, -0.2) is 36.5 Å². The molecule has 2 atom stereocenters. The molecular weight excluding hydrogens is 196 g/mol. The maximum atomic E-state index is 11.2. The van der Waals surface area contributed by atoms with E-state index in [9.17, 15) is 4.79 Å². The van der Waals surface area contributed by atoms with E-state index in [2.05, 4.69) is 0 Å². The van der Waals surface area contributed by atoms with Crippen LogP contribution in [0.2, 0.25) is 0 Å². The molecule has 0 amide bonds. The number of hydrogen-bond acceptors (Lipinski definition) is 4. The lowest BCUT2D eigenvalue weighted by atomic mass is 10.2. The zero-order valence-electron chi connectivity index (χ0n) is 9.28. The highest BCUT2D eigenvalue weighted by Gasteiger charge is 2.25. The minimum Gasteiger partial charge on any atom is -0.463 e. The summed E-state index contributed by atoms with van der Waals surface area (Å²) in [7, 11) is 0. The van der Waals surface area contributed by atoms with E-state index < -0.39 is 0 Å². The third kappa shape index (κ3) is 4.62. The lowest BCUT2D eigenvalue weighted by molar-refractivity contribution is -0.148. The molecule has 1 saturated heterocycles. The van der Waals surface area contributed by atoms with Crippen LogP contribution in [-0.2, 0) is 14.3 Å². The lowest BCUT2D eigenvalue weighted by Crippen LogP contribution is -2.20. The Kier molecular flexibility index (Phi) is 5.65. The van der Waals surface area contributed by atoms with Gasteiger partial charge < -0.3 is 14.6 Å². The molecule has 0 spiro atoms. The van der Waals surface area contributed by atoms with Gasteiger partial charge in [0, 0.05) is 6.42 Å². The molecule has 1 fully saturated rings. The first-order chi connectivity index (χ1) is 7.26. The second-order valence-corrected chi connectivity index (χ2v) is 3.93. The van der Waals surface area contributed by atoms with E-state index in [1.807, 2.05) is 6.92 Å². The van der Waals surface area contributed by atoms with Crippen molar-refractivity contribution in [1.82, 2.24) is 0 Å². The summed E-state index contributed by atoms with van der Waals surface area (Å²) in [5, 5.41) is 8.84. The highest BCUT2D eigenvalue weighted by molar-refractivity contribution is 5.69. The van der Waals surface area contributed by atoms with Crippen molar-refractivity contribution in [3.63, 3.8) is 0 Å². The molecule has 0 bridgehead atoms. The fourth-order valence-corrected chi connectivity index (χ4v) is 1.62. The van der Waals surface area contributed by atoms with Gasteiger partial charge in [0.05, 0.1) is 18.8 Å². The molecule has 0 aliphatic carbocycles. The van der Waals surface area contributed by atoms with E-state index in [1.54, 1.807) is 0 Å². The number of carbonyl (C=O) groups excluding carboxylic acids is 1. The van der Waals surface area contributed by atoms with Gasteiger partial charge in [0.1, 0.15) is 6.61 Å². The van der Waals surface area contributed by atoms with Gasteiger partial charge >= 0.3 is 5.97 Å². The van der Waals surface area contributed by atoms with Crippen LogP contribution < -0.4 is 0 Å². The molecule has 4 heteroatoms. The van der Waals surface area contributed by atoms with Gasteiger partial charge in [-0.1, -0.05) is 13.3 Å². The van der Waals surface area contributed by atoms with E-state index in [-0.39, 0.29) is 24.8 Å². The SMILES string of the molecule is CCCCC(=O)OC[C@H]1CC[C@H](CO)O1. The molecule has 0 saturated carbocycles. The van der Waals surface area contributed by atoms with E-state index in [0.717, 1.165) is 25.7 Å². The van der Waals surface area contributed by atoms with Gasteiger partial charge in [-0.2, -0.15) is 0 Å². The van der Waals surface area contributed by atoms with Crippen molar-refractivity contribution in [2.24, 2.45) is 0 Å². The van der Waals surface area contributed by atoms with E-state index in [1.165, 1.54) is 0 Å². The van der Waals surface area contributed by atoms with Gasteiger partial charge in [-0.05, 0) is 19.3 Å². The normalized spacial score (nSPS) is 25.5. The molecule has 1 aliphatic rings. The standard InChI is InChI=1S/C11H20O4/c1-2-3-4-11(13)14-8-10-6-5-9(7-12)15-10/h9-10,12H,2-8H2,1H3/t9-,10-/m1/s1. The van der Waals surface area contributed by atoms with Gasteiger partial charge in [0.25, 0.3) is 0 Å². The van der Waals surface area contributed by atoms with Crippen molar-refractivity contribution >= 4 is 5.97 Å². The zero-order valence-corrected chi connectivity index (χ0v) is 9.28. The van der Waals surface area contributed by atoms with Crippen molar-refractivity contribution in [3.05, 3.63) is 0 Å². The van der Waals surface area contributed by atoms with Gasteiger partial charge in [-0.3, -0.25) is 4.79 Å². The summed E-state index contributed by atoms with van der Waals surface area (Å²) in [4.78, 5) is 11.2. The maximum absolute atomic E-state index is 11.2. The smallest absolute Gasteiger partial charge is 0.305 e. The zero-order chi connectivity index (χ0) is 11.1. The molecule has 1 heterocycles. The minimum atomic E-state index is -0.145. The predicted octanol–water partition coefficient (Wildman–Crippen LogP) is 1.26. The highest BCUT2D eigenvalue weighted by Crippen LogP contribution is 2.19. The van der Waals surface area contributed by atoms with E-state index in [0.29, 0.717) is 13.0 Å². The molecule has 0 aromatic heterocycles. The molecule has 0 radical (unpaired) electrons. The largest absolute Gasteiger partial charge is 0.463 e. The number of esters is 1. The number of hydrogen-bond donors (Lipinski definition) is 1. The van der Waals surface area contributed by atoms with Gasteiger partial charge in [-0.25, -0.2) is 0 Å². The molecule has 15 heavy (non-hydrogen) atoms. The summed E-state index contributed by atoms with van der Waals surface area (Å²) >= 11 is 0. The third-order valence-electron chi connectivity index (χ3n) is 2.56. The van der Waals surface area contributed by atoms with Gasteiger partial charge in [-0.15, -0.1) is 0 Å². The van der Waals surface area contributed by atoms with Gasteiger partial charge in [0.2, 0.25) is 0 Å². The van der Waals surface area contributed by atoms with Crippen molar-refractivity contribution in [2.75, 3.05) is 13.2 Å². The van der Waals surface area contributed by atoms with Crippen LogP contribution in [0, 0.1) is 0 Å². The summed E-state index contributed by atoms with van der Waals surface area (Å²) in [5.74, 6) is -0.145. The van der Waals surface area contributed by atoms with Crippen LogP contribution in [0.5, 0.6) is 0 Å². The van der Waals surface area contributed by atoms with Crippen LogP contribution in [0.3, 0.4) is 0 Å². The molecule has 4 nitrogen and oxygen atoms in total. The third-order valence-corrected chi connectivity index (χ3v) is 2.56. The fraction of sp³-hybridized carbons (Fsp3) is 0.909. The summed E-state index contributed by atoms with van der Waals surface area (Å²) in [6.07, 6.45) is 4.01. The quantitative estimate of drug-likeness (QED) is 0.679. The first kappa shape index (κ1) is 12.5. The molecule has 88 valence electrons. The molecule has 1 rings (SSSR count). The number of carbonyl (C=O) groups is 1. The summed E-state index contributed by atoms with van der Waals surface area (Å²) in [5.41, 5.74) is 0. The Bertz CT molecular complexity index is 193. The van der Waals surface area contributed by atoms with Gasteiger partial charge in [0.15, 0.2) is 0 Å². The van der Waals surface area contributed by atoms with Crippen LogP contribution in [0.4, 0.5) is 0 Å². The Labute approximate surface area is 90.6 Å². The van der Waals surface area contributed by atoms with E-state index >= 15 is 0 Å². The van der Waals surface area contributed by atoms with Crippen LogP contribution in [0.25, 0.3) is 0 Å². The Balaban J connectivity index is 2.07. The molecule has 1 aliphatic heterocycles. The van der Waals surface area contributed by atoms with Crippen molar-refractivity contribution in [1.29, 1.82) is 0 Å². The Morgan fingerprint density at radius 2 is 2.20 bits per heavy atom. The number of aliphatic hydroxyl groups is 1. The first-order valence-electron chi connectivity index (χ1n) is 5.68. The van der Waals surface area contributed by atoms with E-state index in [4.69, 9.17) is 14.6 Å². The van der Waals surface area contributed by atoms with Crippen molar-refractivity contribution < 1.29 is 19.4 Å². The first-order valence-corrected chi connectivity index (χ1v) is 5.68. The highest BCUT2D eigenvalue weighted by atomic mass is 16.6. The summed E-state index contributed by atoms with van der Waals surface area (Å²) < 4.78 is 10.5. The number of aliphatic hydroxyl groups excluding tert-OH is 1. The van der Waals surface area contributed by atoms with Crippen LogP contribution in [0.1, 0.15) is 39.0 Å². The average Bonchev–Trinajstić information content (AvgIpc) is 2.71. The number of rotatable bonds is 6. The topological polar surface area (TPSA) is 55.8 Å². The Hall–Kier alpha value is -0.610. The second-order valence-electron chi connectivity index (χ2n) is 3.93. The molecule has 0 aromatic carbocycles. The second kappa shape index (κ2) is 6.80. The predicted molar refractivity (Wildman–Crippen MR) is 55.5 cm³/mol. The van der Waals surface area contributed by atoms with Crippen LogP contribution >= 0.6 is 0 Å². The van der Waals surface area contributed by atoms with Crippen molar-refractivity contribution in [2.45, 2.75) is 51.2 Å². The summed E-state index contributed by atoms with van der Waals surface area (Å²) in [6, 6.07) is 0. The lowest BCUT2D eigenvalue weighted by Gasteiger charge is -2.12.